The molecule has 0 saturated carbocycles. The Hall–Kier alpha value is -3.30. The summed E-state index contributed by atoms with van der Waals surface area (Å²) in [6.45, 7) is 2.02. The Morgan fingerprint density at radius 3 is 2.31 bits per heavy atom. The molecule has 196 valence electrons. The van der Waals surface area contributed by atoms with E-state index in [0.717, 1.165) is 51.8 Å². The van der Waals surface area contributed by atoms with Crippen LogP contribution < -0.4 is 5.32 Å². The predicted molar refractivity (Wildman–Crippen MR) is 163 cm³/mol. The Morgan fingerprint density at radius 1 is 0.872 bits per heavy atom. The zero-order valence-electron chi connectivity index (χ0n) is 21.7. The molecule has 39 heavy (non-hydrogen) atoms. The number of thioether (sulfide) groups is 1. The summed E-state index contributed by atoms with van der Waals surface area (Å²) in [6.07, 6.45) is 7.66. The molecule has 0 aliphatic rings. The van der Waals surface area contributed by atoms with Crippen molar-refractivity contribution in [2.24, 2.45) is 0 Å². The first-order valence-electron chi connectivity index (χ1n) is 12.7. The fourth-order valence-corrected chi connectivity index (χ4v) is 4.94. The minimum absolute atomic E-state index is 0. The van der Waals surface area contributed by atoms with Crippen LogP contribution in [0, 0.1) is 6.92 Å². The summed E-state index contributed by atoms with van der Waals surface area (Å²) < 4.78 is 0. The number of aliphatic carboxylic acids is 1. The van der Waals surface area contributed by atoms with Gasteiger partial charge in [0.05, 0.1) is 0 Å². The summed E-state index contributed by atoms with van der Waals surface area (Å²) in [5.74, 6) is -0.739. The van der Waals surface area contributed by atoms with Gasteiger partial charge in [-0.15, -0.1) is 0 Å². The van der Waals surface area contributed by atoms with E-state index < -0.39 is 12.0 Å². The summed E-state index contributed by atoms with van der Waals surface area (Å²) in [7, 11) is 0. The molecule has 7 heteroatoms. The number of nitrogens with zero attached hydrogens (tertiary/aromatic N) is 1. The van der Waals surface area contributed by atoms with E-state index >= 15 is 0 Å². The molecule has 0 unspecified atom stereocenters. The molecule has 0 aliphatic heterocycles. The molecule has 5 nitrogen and oxygen atoms in total. The number of carbonyl (C=O) groups excluding carboxylic acids is 1. The summed E-state index contributed by atoms with van der Waals surface area (Å²) in [6, 6.07) is 25.2. The molecule has 0 bridgehead atoms. The number of carboxylic acid groups (broad SMARTS) is 1. The van der Waals surface area contributed by atoms with Crippen molar-refractivity contribution < 1.29 is 14.7 Å². The molecule has 1 atom stereocenters. The van der Waals surface area contributed by atoms with Crippen molar-refractivity contribution in [2.45, 2.75) is 32.2 Å². The van der Waals surface area contributed by atoms with E-state index in [1.807, 2.05) is 80.2 Å². The number of amides is 1. The Labute approximate surface area is 246 Å². The summed E-state index contributed by atoms with van der Waals surface area (Å²) >= 11 is 1.56. The van der Waals surface area contributed by atoms with Gasteiger partial charge in [-0.1, -0.05) is 66.7 Å². The van der Waals surface area contributed by atoms with E-state index in [1.165, 1.54) is 0 Å². The van der Waals surface area contributed by atoms with Gasteiger partial charge in [0.1, 0.15) is 6.04 Å². The third-order valence-corrected chi connectivity index (χ3v) is 7.23. The number of hydrogen-bond acceptors (Lipinski definition) is 4. The van der Waals surface area contributed by atoms with Crippen LogP contribution in [-0.2, 0) is 17.6 Å². The zero-order chi connectivity index (χ0) is 26.9. The first kappa shape index (κ1) is 30.2. The molecule has 1 amide bonds. The van der Waals surface area contributed by atoms with Crippen molar-refractivity contribution in [2.75, 3.05) is 12.0 Å². The maximum absolute atomic E-state index is 13.3. The molecule has 4 aromatic rings. The van der Waals surface area contributed by atoms with E-state index in [4.69, 9.17) is 0 Å². The van der Waals surface area contributed by atoms with Gasteiger partial charge >= 0.3 is 24.8 Å². The number of benzene rings is 3. The molecule has 0 fully saturated rings. The van der Waals surface area contributed by atoms with E-state index in [-0.39, 0.29) is 24.8 Å². The Balaban J connectivity index is 0.00000420. The monoisotopic (exact) mass is 532 g/mol. The Bertz CT molecular complexity index is 1410. The van der Waals surface area contributed by atoms with Crippen molar-refractivity contribution in [3.05, 3.63) is 114 Å². The van der Waals surface area contributed by atoms with Crippen LogP contribution in [0.15, 0.2) is 91.3 Å². The summed E-state index contributed by atoms with van der Waals surface area (Å²) in [5, 5.41) is 12.3. The number of hydrogen-bond donors (Lipinski definition) is 2. The topological polar surface area (TPSA) is 79.3 Å². The molecule has 0 aliphatic carbocycles. The van der Waals surface area contributed by atoms with Crippen LogP contribution in [-0.4, -0.2) is 58.9 Å². The van der Waals surface area contributed by atoms with Gasteiger partial charge in [0.2, 0.25) is 0 Å². The molecule has 1 aromatic heterocycles. The van der Waals surface area contributed by atoms with Crippen molar-refractivity contribution in [1.29, 1.82) is 0 Å². The second kappa shape index (κ2) is 14.7. The molecular formula is C32H33LiN2O3S. The number of pyridine rings is 1. The normalized spacial score (nSPS) is 11.3. The van der Waals surface area contributed by atoms with Gasteiger partial charge in [-0.2, -0.15) is 11.8 Å². The van der Waals surface area contributed by atoms with Gasteiger partial charge < -0.3 is 10.4 Å². The molecule has 1 heterocycles. The standard InChI is InChI=1S/C32H32N2O3S.Li.H/c1-22-8-6-7-11-27(22)29-19-23(14-15-28(29)31(35)34-30(32(36)37)16-17-38-2)12-13-24-18-26(21-33-20-24)25-9-4-3-5-10-25;;/h3-11,14-15,18-21,30H,12-13,16-17H2,1-2H3,(H,34,35)(H,36,37);;/t30-;;/m0../s1. The van der Waals surface area contributed by atoms with E-state index in [2.05, 4.69) is 34.6 Å². The van der Waals surface area contributed by atoms with Gasteiger partial charge in [-0.05, 0) is 83.7 Å². The van der Waals surface area contributed by atoms with Crippen LogP contribution in [0.25, 0.3) is 22.3 Å². The number of carbonyl (C=O) groups is 2. The van der Waals surface area contributed by atoms with E-state index in [9.17, 15) is 14.7 Å². The van der Waals surface area contributed by atoms with E-state index in [1.54, 1.807) is 11.8 Å². The van der Waals surface area contributed by atoms with Crippen molar-refractivity contribution in [3.63, 3.8) is 0 Å². The number of aromatic nitrogens is 1. The first-order chi connectivity index (χ1) is 18.5. The minimum atomic E-state index is -1.02. The van der Waals surface area contributed by atoms with Gasteiger partial charge in [0.25, 0.3) is 5.91 Å². The zero-order valence-corrected chi connectivity index (χ0v) is 22.5. The molecule has 3 aromatic carbocycles. The summed E-state index contributed by atoms with van der Waals surface area (Å²) in [5.41, 5.74) is 7.76. The molecular weight excluding hydrogens is 499 g/mol. The molecule has 4 rings (SSSR count). The Morgan fingerprint density at radius 2 is 1.59 bits per heavy atom. The van der Waals surface area contributed by atoms with Crippen LogP contribution >= 0.6 is 11.8 Å². The SMILES string of the molecule is CSCC[C@H](NC(=O)c1ccc(CCc2cncc(-c3ccccc3)c2)cc1-c1ccccc1C)C(=O)O.[LiH]. The van der Waals surface area contributed by atoms with Crippen LogP contribution in [0.1, 0.15) is 33.5 Å². The van der Waals surface area contributed by atoms with Crippen LogP contribution in [0.3, 0.4) is 0 Å². The molecule has 0 saturated heterocycles. The fourth-order valence-electron chi connectivity index (χ4n) is 4.47. The number of rotatable bonds is 11. The quantitative estimate of drug-likeness (QED) is 0.239. The third kappa shape index (κ3) is 8.09. The molecule has 2 N–H and O–H groups in total. The number of nitrogens with one attached hydrogen (secondary N) is 1. The first-order valence-corrected chi connectivity index (χ1v) is 14.1. The molecule has 0 radical (unpaired) electrons. The second-order valence-electron chi connectivity index (χ2n) is 9.29. The van der Waals surface area contributed by atoms with Gasteiger partial charge in [-0.25, -0.2) is 4.79 Å². The summed E-state index contributed by atoms with van der Waals surface area (Å²) in [4.78, 5) is 29.5. The maximum atomic E-state index is 13.3. The second-order valence-corrected chi connectivity index (χ2v) is 10.3. The average molecular weight is 533 g/mol. The van der Waals surface area contributed by atoms with Gasteiger partial charge in [0.15, 0.2) is 0 Å². The fraction of sp³-hybridized carbons (Fsp3) is 0.219. The van der Waals surface area contributed by atoms with Crippen molar-refractivity contribution in [3.8, 4) is 22.3 Å². The number of carboxylic acids is 1. The van der Waals surface area contributed by atoms with Crippen LogP contribution in [0.4, 0.5) is 0 Å². The van der Waals surface area contributed by atoms with Gasteiger partial charge in [0, 0.05) is 23.5 Å². The van der Waals surface area contributed by atoms with Crippen molar-refractivity contribution >= 4 is 42.5 Å². The van der Waals surface area contributed by atoms with Crippen molar-refractivity contribution in [1.82, 2.24) is 10.3 Å². The van der Waals surface area contributed by atoms with Gasteiger partial charge in [-0.3, -0.25) is 9.78 Å². The number of aryl methyl sites for hydroxylation is 3. The Kier molecular flexibility index (Phi) is 11.4. The predicted octanol–water partition coefficient (Wildman–Crippen LogP) is 5.80. The van der Waals surface area contributed by atoms with Crippen LogP contribution in [0.2, 0.25) is 0 Å². The average Bonchev–Trinajstić information content (AvgIpc) is 2.94. The molecule has 0 spiro atoms. The third-order valence-electron chi connectivity index (χ3n) is 6.58. The van der Waals surface area contributed by atoms with Crippen LogP contribution in [0.5, 0.6) is 0 Å². The van der Waals surface area contributed by atoms with E-state index in [0.29, 0.717) is 17.7 Å².